The minimum absolute atomic E-state index is 0.217. The lowest BCUT2D eigenvalue weighted by Gasteiger charge is -2.34. The Hall–Kier alpha value is -3.84. The summed E-state index contributed by atoms with van der Waals surface area (Å²) in [6.45, 7) is 1.89. The average Bonchev–Trinajstić information content (AvgIpc) is 3.40. The van der Waals surface area contributed by atoms with Crippen molar-refractivity contribution >= 4 is 27.3 Å². The van der Waals surface area contributed by atoms with E-state index in [2.05, 4.69) is 35.8 Å². The molecule has 0 atom stereocenters. The number of rotatable bonds is 8. The minimum atomic E-state index is -3.46. The van der Waals surface area contributed by atoms with Gasteiger partial charge in [-0.1, -0.05) is 0 Å². The van der Waals surface area contributed by atoms with Crippen LogP contribution in [0.4, 0.5) is 17.3 Å². The molecule has 0 saturated heterocycles. The number of aromatic nitrogens is 7. The van der Waals surface area contributed by atoms with Crippen molar-refractivity contribution in [3.8, 4) is 17.1 Å². The second-order valence-corrected chi connectivity index (χ2v) is 12.3. The molecule has 0 bridgehead atoms. The zero-order valence-electron chi connectivity index (χ0n) is 20.9. The van der Waals surface area contributed by atoms with E-state index in [9.17, 15) is 13.5 Å². The molecule has 6 rings (SSSR count). The molecule has 0 spiro atoms. The molecule has 4 aromatic rings. The number of nitrogens with zero attached hydrogens (tertiary/aromatic N) is 7. The van der Waals surface area contributed by atoms with Crippen LogP contribution in [0.1, 0.15) is 45.4 Å². The lowest BCUT2D eigenvalue weighted by Crippen LogP contribution is -2.36. The summed E-state index contributed by atoms with van der Waals surface area (Å²) in [5.74, 6) is 1.43. The monoisotopic (exact) mass is 535 g/mol. The molecule has 4 heterocycles. The second kappa shape index (κ2) is 9.48. The van der Waals surface area contributed by atoms with Gasteiger partial charge in [0.15, 0.2) is 5.82 Å². The summed E-state index contributed by atoms with van der Waals surface area (Å²) < 4.78 is 27.7. The van der Waals surface area contributed by atoms with Crippen molar-refractivity contribution in [2.24, 2.45) is 0 Å². The van der Waals surface area contributed by atoms with E-state index in [0.29, 0.717) is 35.9 Å². The highest BCUT2D eigenvalue weighted by Crippen LogP contribution is 2.32. The third kappa shape index (κ3) is 5.11. The van der Waals surface area contributed by atoms with Crippen molar-refractivity contribution in [3.05, 3.63) is 55.4 Å². The van der Waals surface area contributed by atoms with Gasteiger partial charge in [-0.25, -0.2) is 28.1 Å². The summed E-state index contributed by atoms with van der Waals surface area (Å²) in [5.41, 5.74) is 1.57. The Balaban J connectivity index is 1.24. The van der Waals surface area contributed by atoms with Crippen molar-refractivity contribution in [3.63, 3.8) is 0 Å². The summed E-state index contributed by atoms with van der Waals surface area (Å²) in [4.78, 5) is 13.4. The summed E-state index contributed by atoms with van der Waals surface area (Å²) in [6.07, 6.45) is 14.3. The Morgan fingerprint density at radius 2 is 1.87 bits per heavy atom. The van der Waals surface area contributed by atoms with E-state index in [1.54, 1.807) is 29.3 Å². The molecule has 0 aliphatic heterocycles. The molecular weight excluding hydrogens is 506 g/mol. The average molecular weight is 536 g/mol. The summed E-state index contributed by atoms with van der Waals surface area (Å²) in [7, 11) is -3.46. The van der Waals surface area contributed by atoms with Crippen LogP contribution in [0, 0.1) is 0 Å². The molecule has 2 aliphatic carbocycles. The van der Waals surface area contributed by atoms with E-state index in [4.69, 9.17) is 0 Å². The first kappa shape index (κ1) is 24.5. The molecule has 2 aliphatic rings. The van der Waals surface area contributed by atoms with Gasteiger partial charge < -0.3 is 15.7 Å². The highest BCUT2D eigenvalue weighted by molar-refractivity contribution is 7.90. The Kier molecular flexibility index (Phi) is 6.11. The molecule has 2 fully saturated rings. The normalized spacial score (nSPS) is 21.8. The first-order valence-electron chi connectivity index (χ1n) is 12.7. The Labute approximate surface area is 220 Å². The second-order valence-electron chi connectivity index (χ2n) is 10.2. The maximum Gasteiger partial charge on any atom is 0.256 e. The highest BCUT2D eigenvalue weighted by Gasteiger charge is 2.37. The van der Waals surface area contributed by atoms with Crippen LogP contribution in [-0.4, -0.2) is 64.3 Å². The quantitative estimate of drug-likeness (QED) is 0.307. The van der Waals surface area contributed by atoms with E-state index in [1.165, 1.54) is 12.4 Å². The van der Waals surface area contributed by atoms with Crippen LogP contribution >= 0.6 is 0 Å². The predicted octanol–water partition coefficient (Wildman–Crippen LogP) is 3.11. The third-order valence-electron chi connectivity index (χ3n) is 6.99. The van der Waals surface area contributed by atoms with Gasteiger partial charge in [-0.2, -0.15) is 14.3 Å². The van der Waals surface area contributed by atoms with E-state index in [0.717, 1.165) is 41.1 Å². The van der Waals surface area contributed by atoms with Crippen LogP contribution in [0.3, 0.4) is 0 Å². The smallest absolute Gasteiger partial charge is 0.256 e. The van der Waals surface area contributed by atoms with Gasteiger partial charge in [0, 0.05) is 30.7 Å². The molecule has 3 N–H and O–H groups in total. The molecule has 0 radical (unpaired) electrons. The van der Waals surface area contributed by atoms with Crippen molar-refractivity contribution in [1.82, 2.24) is 33.9 Å². The van der Waals surface area contributed by atoms with Crippen molar-refractivity contribution in [2.75, 3.05) is 10.6 Å². The molecule has 0 unspecified atom stereocenters. The molecule has 0 amide bonds. The fourth-order valence-electron chi connectivity index (χ4n) is 4.61. The van der Waals surface area contributed by atoms with Crippen LogP contribution < -0.4 is 10.6 Å². The van der Waals surface area contributed by atoms with Gasteiger partial charge in [-0.15, -0.1) is 0 Å². The number of pyridine rings is 1. The molecule has 0 aromatic carbocycles. The van der Waals surface area contributed by atoms with Crippen LogP contribution in [-0.2, 0) is 10.0 Å². The molecule has 38 heavy (non-hydrogen) atoms. The molecule has 12 nitrogen and oxygen atoms in total. The van der Waals surface area contributed by atoms with Gasteiger partial charge in [-0.05, 0) is 57.6 Å². The van der Waals surface area contributed by atoms with Crippen LogP contribution in [0.5, 0.6) is 0 Å². The van der Waals surface area contributed by atoms with E-state index in [1.807, 2.05) is 25.3 Å². The van der Waals surface area contributed by atoms with Crippen molar-refractivity contribution < 1.29 is 13.5 Å². The Morgan fingerprint density at radius 1 is 1.05 bits per heavy atom. The zero-order valence-corrected chi connectivity index (χ0v) is 21.7. The SMILES string of the molecule is CC1(O)CCC(Nc2cc(Nc3ccnc(-c4cnn(S(=O)(=O)C5CC5)c4)n3)ncc2-n2cccn2)CC1. The number of nitrogens with one attached hydrogen (secondary N) is 2. The van der Waals surface area contributed by atoms with Gasteiger partial charge >= 0.3 is 0 Å². The number of hydrogen-bond donors (Lipinski definition) is 3. The highest BCUT2D eigenvalue weighted by atomic mass is 32.2. The van der Waals surface area contributed by atoms with Crippen molar-refractivity contribution in [2.45, 2.75) is 62.3 Å². The van der Waals surface area contributed by atoms with Gasteiger partial charge in [0.2, 0.25) is 0 Å². The van der Waals surface area contributed by atoms with Gasteiger partial charge in [0.05, 0.1) is 40.7 Å². The first-order valence-corrected chi connectivity index (χ1v) is 14.2. The topological polar surface area (TPSA) is 153 Å². The summed E-state index contributed by atoms with van der Waals surface area (Å²) in [6, 6.07) is 5.70. The summed E-state index contributed by atoms with van der Waals surface area (Å²) in [5, 5.41) is 25.2. The van der Waals surface area contributed by atoms with Crippen LogP contribution in [0.25, 0.3) is 17.1 Å². The fourth-order valence-corrected chi connectivity index (χ4v) is 6.08. The molecule has 4 aromatic heterocycles. The fraction of sp³-hybridized carbons (Fsp3) is 0.400. The Bertz CT molecular complexity index is 1540. The van der Waals surface area contributed by atoms with Crippen LogP contribution in [0.2, 0.25) is 0 Å². The molecule has 2 saturated carbocycles. The minimum Gasteiger partial charge on any atom is -0.390 e. The molecule has 198 valence electrons. The van der Waals surface area contributed by atoms with Crippen LogP contribution in [0.15, 0.2) is 55.4 Å². The lowest BCUT2D eigenvalue weighted by atomic mass is 9.83. The maximum absolute atomic E-state index is 12.5. The largest absolute Gasteiger partial charge is 0.390 e. The summed E-state index contributed by atoms with van der Waals surface area (Å²) >= 11 is 0. The van der Waals surface area contributed by atoms with E-state index < -0.39 is 15.6 Å². The zero-order chi connectivity index (χ0) is 26.3. The van der Waals surface area contributed by atoms with Crippen molar-refractivity contribution in [1.29, 1.82) is 0 Å². The number of aliphatic hydroxyl groups is 1. The number of hydrogen-bond acceptors (Lipinski definition) is 10. The number of anilines is 3. The first-order chi connectivity index (χ1) is 18.3. The maximum atomic E-state index is 12.5. The van der Waals surface area contributed by atoms with E-state index >= 15 is 0 Å². The van der Waals surface area contributed by atoms with Gasteiger partial charge in [0.25, 0.3) is 10.0 Å². The third-order valence-corrected chi connectivity index (χ3v) is 9.03. The standard InChI is InChI=1S/C25H29N9O3S/c1-25(35)8-5-18(6-9-25)30-20-13-23(27-15-21(20)33-12-2-10-28-33)31-22-7-11-26-24(32-22)17-14-29-34(16-17)38(36,37)19-3-4-19/h2,7,10-16,18-19,35H,3-6,8-9H2,1H3,(H2,26,27,30,31,32). The van der Waals surface area contributed by atoms with Gasteiger partial charge in [-0.3, -0.25) is 0 Å². The molecule has 13 heteroatoms. The predicted molar refractivity (Wildman–Crippen MR) is 142 cm³/mol. The Morgan fingerprint density at radius 3 is 2.61 bits per heavy atom. The van der Waals surface area contributed by atoms with E-state index in [-0.39, 0.29) is 11.3 Å². The molecular formula is C25H29N9O3S. The lowest BCUT2D eigenvalue weighted by molar-refractivity contribution is 0.0196. The van der Waals surface area contributed by atoms with Gasteiger partial charge in [0.1, 0.15) is 17.3 Å².